The molecule has 64 valence electrons. The van der Waals surface area contributed by atoms with Gasteiger partial charge in [0.1, 0.15) is 0 Å². The maximum absolute atomic E-state index is 7.32. The molecule has 3 N–H and O–H groups in total. The number of nitrogens with two attached hydrogens (primary N) is 1. The summed E-state index contributed by atoms with van der Waals surface area (Å²) in [7, 11) is 0. The summed E-state index contributed by atoms with van der Waals surface area (Å²) in [4.78, 5) is 0. The summed E-state index contributed by atoms with van der Waals surface area (Å²) in [6.45, 7) is 1.74. The highest BCUT2D eigenvalue weighted by Crippen LogP contribution is 2.01. The van der Waals surface area contributed by atoms with Crippen LogP contribution in [0.5, 0.6) is 0 Å². The van der Waals surface area contributed by atoms with Gasteiger partial charge in [-0.1, -0.05) is 30.3 Å². The number of rotatable bonds is 3. The lowest BCUT2D eigenvalue weighted by Crippen LogP contribution is -2.29. The Morgan fingerprint density at radius 3 is 2.50 bits per heavy atom. The summed E-state index contributed by atoms with van der Waals surface area (Å²) in [6, 6.07) is 9.88. The quantitative estimate of drug-likeness (QED) is 0.651. The first kappa shape index (κ1) is 8.94. The third-order valence-electron chi connectivity index (χ3n) is 1.85. The van der Waals surface area contributed by atoms with E-state index in [1.165, 1.54) is 5.56 Å². The lowest BCUT2D eigenvalue weighted by Gasteiger charge is -2.08. The molecule has 0 aromatic heterocycles. The van der Waals surface area contributed by atoms with Crippen LogP contribution in [0.4, 0.5) is 0 Å². The minimum Gasteiger partial charge on any atom is -0.323 e. The fourth-order valence-corrected chi connectivity index (χ4v) is 1.02. The lowest BCUT2D eigenvalue weighted by atomic mass is 10.0. The number of hydrogen-bond acceptors (Lipinski definition) is 2. The summed E-state index contributed by atoms with van der Waals surface area (Å²) < 4.78 is 0. The molecule has 1 rings (SSSR count). The first-order valence-electron chi connectivity index (χ1n) is 4.04. The molecule has 0 saturated heterocycles. The molecular formula is C10H14N2. The first-order chi connectivity index (χ1) is 5.70. The van der Waals surface area contributed by atoms with Gasteiger partial charge < -0.3 is 11.1 Å². The van der Waals surface area contributed by atoms with Gasteiger partial charge >= 0.3 is 0 Å². The predicted octanol–water partition coefficient (Wildman–Crippen LogP) is 1.60. The van der Waals surface area contributed by atoms with Crippen LogP contribution in [-0.2, 0) is 6.42 Å². The second-order valence-corrected chi connectivity index (χ2v) is 2.98. The standard InChI is InChI=1S/C10H14N2/c1-8(11)10(12)7-9-5-3-2-4-6-9/h2-6,10-11H,7,12H2,1H3. The average molecular weight is 162 g/mol. The first-order valence-corrected chi connectivity index (χ1v) is 4.04. The van der Waals surface area contributed by atoms with Crippen LogP contribution in [0.2, 0.25) is 0 Å². The van der Waals surface area contributed by atoms with E-state index >= 15 is 0 Å². The van der Waals surface area contributed by atoms with Gasteiger partial charge in [-0.05, 0) is 18.9 Å². The molecule has 12 heavy (non-hydrogen) atoms. The van der Waals surface area contributed by atoms with Crippen LogP contribution >= 0.6 is 0 Å². The van der Waals surface area contributed by atoms with E-state index < -0.39 is 0 Å². The van der Waals surface area contributed by atoms with Gasteiger partial charge in [-0.25, -0.2) is 0 Å². The van der Waals surface area contributed by atoms with Crippen LogP contribution < -0.4 is 5.73 Å². The Kier molecular flexibility index (Phi) is 3.00. The zero-order valence-electron chi connectivity index (χ0n) is 7.25. The lowest BCUT2D eigenvalue weighted by molar-refractivity contribution is 0.839. The number of benzene rings is 1. The molecule has 0 bridgehead atoms. The van der Waals surface area contributed by atoms with E-state index in [0.717, 1.165) is 6.42 Å². The Morgan fingerprint density at radius 2 is 2.00 bits per heavy atom. The molecule has 1 aromatic carbocycles. The maximum Gasteiger partial charge on any atom is 0.0461 e. The zero-order chi connectivity index (χ0) is 8.97. The third kappa shape index (κ3) is 2.47. The van der Waals surface area contributed by atoms with Crippen LogP contribution in [0.1, 0.15) is 12.5 Å². The van der Waals surface area contributed by atoms with Crippen molar-refractivity contribution < 1.29 is 0 Å². The van der Waals surface area contributed by atoms with Crippen LogP contribution in [0, 0.1) is 5.41 Å². The molecule has 1 aromatic rings. The molecule has 1 atom stereocenters. The second kappa shape index (κ2) is 4.02. The van der Waals surface area contributed by atoms with Crippen molar-refractivity contribution in [3.05, 3.63) is 35.9 Å². The fourth-order valence-electron chi connectivity index (χ4n) is 1.02. The van der Waals surface area contributed by atoms with Gasteiger partial charge in [-0.3, -0.25) is 0 Å². The zero-order valence-corrected chi connectivity index (χ0v) is 7.25. The third-order valence-corrected chi connectivity index (χ3v) is 1.85. The maximum atomic E-state index is 7.32. The normalized spacial score (nSPS) is 12.5. The van der Waals surface area contributed by atoms with E-state index in [-0.39, 0.29) is 6.04 Å². The van der Waals surface area contributed by atoms with E-state index in [9.17, 15) is 0 Å². The molecule has 0 radical (unpaired) electrons. The van der Waals surface area contributed by atoms with Gasteiger partial charge in [0.2, 0.25) is 0 Å². The molecular weight excluding hydrogens is 148 g/mol. The van der Waals surface area contributed by atoms with Crippen LogP contribution in [0.15, 0.2) is 30.3 Å². The van der Waals surface area contributed by atoms with E-state index in [1.807, 2.05) is 30.3 Å². The van der Waals surface area contributed by atoms with Gasteiger partial charge in [0.25, 0.3) is 0 Å². The largest absolute Gasteiger partial charge is 0.323 e. The Morgan fingerprint density at radius 1 is 1.42 bits per heavy atom. The van der Waals surface area contributed by atoms with Crippen molar-refractivity contribution in [2.45, 2.75) is 19.4 Å². The highest BCUT2D eigenvalue weighted by Gasteiger charge is 2.04. The minimum atomic E-state index is -0.132. The molecule has 1 unspecified atom stereocenters. The van der Waals surface area contributed by atoms with Crippen molar-refractivity contribution in [3.8, 4) is 0 Å². The fraction of sp³-hybridized carbons (Fsp3) is 0.300. The van der Waals surface area contributed by atoms with Crippen molar-refractivity contribution in [1.82, 2.24) is 0 Å². The van der Waals surface area contributed by atoms with Crippen LogP contribution in [0.25, 0.3) is 0 Å². The van der Waals surface area contributed by atoms with Gasteiger partial charge in [0.05, 0.1) is 0 Å². The molecule has 0 amide bonds. The van der Waals surface area contributed by atoms with E-state index in [1.54, 1.807) is 6.92 Å². The van der Waals surface area contributed by atoms with E-state index in [4.69, 9.17) is 11.1 Å². The Balaban J connectivity index is 2.58. The van der Waals surface area contributed by atoms with Crippen molar-refractivity contribution in [1.29, 1.82) is 5.41 Å². The smallest absolute Gasteiger partial charge is 0.0461 e. The summed E-state index contributed by atoms with van der Waals surface area (Å²) in [5.41, 5.74) is 7.46. The Bertz CT molecular complexity index is 254. The van der Waals surface area contributed by atoms with Crippen molar-refractivity contribution in [2.24, 2.45) is 5.73 Å². The topological polar surface area (TPSA) is 49.9 Å². The second-order valence-electron chi connectivity index (χ2n) is 2.98. The summed E-state index contributed by atoms with van der Waals surface area (Å²) >= 11 is 0. The van der Waals surface area contributed by atoms with E-state index in [0.29, 0.717) is 5.71 Å². The highest BCUT2D eigenvalue weighted by molar-refractivity contribution is 5.84. The molecule has 0 spiro atoms. The SMILES string of the molecule is CC(=N)C(N)Cc1ccccc1. The summed E-state index contributed by atoms with van der Waals surface area (Å²) in [5, 5.41) is 7.32. The molecule has 0 saturated carbocycles. The monoisotopic (exact) mass is 162 g/mol. The molecule has 2 heteroatoms. The highest BCUT2D eigenvalue weighted by atomic mass is 14.7. The van der Waals surface area contributed by atoms with Gasteiger partial charge in [0.15, 0.2) is 0 Å². The molecule has 0 aliphatic heterocycles. The van der Waals surface area contributed by atoms with Crippen molar-refractivity contribution in [2.75, 3.05) is 0 Å². The van der Waals surface area contributed by atoms with Gasteiger partial charge in [0, 0.05) is 11.8 Å². The molecule has 0 heterocycles. The molecule has 2 nitrogen and oxygen atoms in total. The minimum absolute atomic E-state index is 0.132. The molecule has 0 aliphatic rings. The van der Waals surface area contributed by atoms with Crippen LogP contribution in [-0.4, -0.2) is 11.8 Å². The van der Waals surface area contributed by atoms with Crippen molar-refractivity contribution in [3.63, 3.8) is 0 Å². The van der Waals surface area contributed by atoms with Crippen molar-refractivity contribution >= 4 is 5.71 Å². The number of nitrogens with one attached hydrogen (secondary N) is 1. The Hall–Kier alpha value is -1.15. The molecule has 0 aliphatic carbocycles. The van der Waals surface area contributed by atoms with Gasteiger partial charge in [-0.15, -0.1) is 0 Å². The summed E-state index contributed by atoms with van der Waals surface area (Å²) in [5.74, 6) is 0. The van der Waals surface area contributed by atoms with E-state index in [2.05, 4.69) is 0 Å². The average Bonchev–Trinajstić information content (AvgIpc) is 2.06. The Labute approximate surface area is 72.9 Å². The van der Waals surface area contributed by atoms with Gasteiger partial charge in [-0.2, -0.15) is 0 Å². The van der Waals surface area contributed by atoms with Crippen LogP contribution in [0.3, 0.4) is 0 Å². The predicted molar refractivity (Wildman–Crippen MR) is 51.5 cm³/mol. The molecule has 0 fully saturated rings. The number of hydrogen-bond donors (Lipinski definition) is 2. The summed E-state index contributed by atoms with van der Waals surface area (Å²) in [6.07, 6.45) is 0.760.